The zero-order valence-electron chi connectivity index (χ0n) is 17.6. The molecule has 2 nitrogen and oxygen atoms in total. The molecule has 0 aromatic heterocycles. The average Bonchev–Trinajstić information content (AvgIpc) is 2.62. The largest absolute Gasteiger partial charge is 0.317 e. The highest BCUT2D eigenvalue weighted by Gasteiger charge is 2.01. The van der Waals surface area contributed by atoms with Crippen molar-refractivity contribution in [2.75, 3.05) is 13.1 Å². The van der Waals surface area contributed by atoms with E-state index < -0.39 is 0 Å². The normalized spacial score (nSPS) is 11.1. The standard InChI is InChI=1S/C23H47NO/c1-3-5-7-8-9-10-11-12-13-14-15-16-17-19-23(25)20-18-22-24-21-6-4-2/h24H,3-22H2,1-2H3. The van der Waals surface area contributed by atoms with Gasteiger partial charge < -0.3 is 5.32 Å². The highest BCUT2D eigenvalue weighted by Crippen LogP contribution is 2.13. The molecule has 0 aliphatic rings. The molecular formula is C23H47NO. The second kappa shape index (κ2) is 21.7. The summed E-state index contributed by atoms with van der Waals surface area (Å²) in [7, 11) is 0. The summed E-state index contributed by atoms with van der Waals surface area (Å²) in [5.41, 5.74) is 0. The van der Waals surface area contributed by atoms with Gasteiger partial charge in [-0.05, 0) is 32.4 Å². The van der Waals surface area contributed by atoms with E-state index in [1.54, 1.807) is 0 Å². The van der Waals surface area contributed by atoms with Gasteiger partial charge in [0.2, 0.25) is 0 Å². The minimum Gasteiger partial charge on any atom is -0.317 e. The number of unbranched alkanes of at least 4 members (excludes halogenated alkanes) is 13. The first kappa shape index (κ1) is 24.6. The first-order valence-corrected chi connectivity index (χ1v) is 11.5. The van der Waals surface area contributed by atoms with Crippen LogP contribution in [0.25, 0.3) is 0 Å². The van der Waals surface area contributed by atoms with Crippen molar-refractivity contribution in [1.82, 2.24) is 5.32 Å². The molecular weight excluding hydrogens is 306 g/mol. The number of carbonyl (C=O) groups excluding carboxylic acids is 1. The van der Waals surface area contributed by atoms with Crippen LogP contribution in [0, 0.1) is 0 Å². The van der Waals surface area contributed by atoms with Crippen LogP contribution in [0.5, 0.6) is 0 Å². The lowest BCUT2D eigenvalue weighted by Crippen LogP contribution is -2.17. The van der Waals surface area contributed by atoms with Crippen LogP contribution in [-0.4, -0.2) is 18.9 Å². The monoisotopic (exact) mass is 353 g/mol. The molecule has 0 heterocycles. The Morgan fingerprint density at radius 1 is 0.520 bits per heavy atom. The van der Waals surface area contributed by atoms with Crippen molar-refractivity contribution in [3.8, 4) is 0 Å². The van der Waals surface area contributed by atoms with Gasteiger partial charge in [0.15, 0.2) is 0 Å². The third-order valence-corrected chi connectivity index (χ3v) is 5.08. The number of ketones is 1. The Labute approximate surface area is 158 Å². The minimum atomic E-state index is 0.473. The van der Waals surface area contributed by atoms with Crippen molar-refractivity contribution >= 4 is 5.78 Å². The number of carbonyl (C=O) groups is 1. The Balaban J connectivity index is 3.11. The van der Waals surface area contributed by atoms with E-state index >= 15 is 0 Å². The zero-order chi connectivity index (χ0) is 18.4. The average molecular weight is 354 g/mol. The quantitative estimate of drug-likeness (QED) is 0.221. The number of hydrogen-bond acceptors (Lipinski definition) is 2. The number of nitrogens with one attached hydrogen (secondary N) is 1. The molecule has 0 aliphatic carbocycles. The summed E-state index contributed by atoms with van der Waals surface area (Å²) >= 11 is 0. The maximum atomic E-state index is 11.8. The van der Waals surface area contributed by atoms with Gasteiger partial charge in [-0.2, -0.15) is 0 Å². The third-order valence-electron chi connectivity index (χ3n) is 5.08. The predicted molar refractivity (Wildman–Crippen MR) is 112 cm³/mol. The fourth-order valence-corrected chi connectivity index (χ4v) is 3.30. The lowest BCUT2D eigenvalue weighted by atomic mass is 10.0. The summed E-state index contributed by atoms with van der Waals surface area (Å²) in [5, 5.41) is 3.41. The Bertz CT molecular complexity index is 265. The molecule has 0 rings (SSSR count). The van der Waals surface area contributed by atoms with Gasteiger partial charge >= 0.3 is 0 Å². The molecule has 0 bridgehead atoms. The summed E-state index contributed by atoms with van der Waals surface area (Å²) in [6.45, 7) is 6.59. The Morgan fingerprint density at radius 2 is 0.920 bits per heavy atom. The molecule has 0 unspecified atom stereocenters. The molecule has 0 saturated carbocycles. The molecule has 25 heavy (non-hydrogen) atoms. The first-order valence-electron chi connectivity index (χ1n) is 11.5. The molecule has 0 atom stereocenters. The first-order chi connectivity index (χ1) is 12.3. The predicted octanol–water partition coefficient (Wildman–Crippen LogP) is 7.21. The van der Waals surface area contributed by atoms with Gasteiger partial charge in [0.1, 0.15) is 5.78 Å². The van der Waals surface area contributed by atoms with Gasteiger partial charge in [-0.3, -0.25) is 4.79 Å². The molecule has 0 fully saturated rings. The second-order valence-corrected chi connectivity index (χ2v) is 7.74. The van der Waals surface area contributed by atoms with Crippen LogP contribution in [-0.2, 0) is 4.79 Å². The fraction of sp³-hybridized carbons (Fsp3) is 0.957. The van der Waals surface area contributed by atoms with Crippen LogP contribution in [0.2, 0.25) is 0 Å². The number of hydrogen-bond donors (Lipinski definition) is 1. The van der Waals surface area contributed by atoms with Crippen molar-refractivity contribution in [1.29, 1.82) is 0 Å². The Hall–Kier alpha value is -0.370. The van der Waals surface area contributed by atoms with Crippen LogP contribution in [0.1, 0.15) is 129 Å². The topological polar surface area (TPSA) is 29.1 Å². The molecule has 150 valence electrons. The Kier molecular flexibility index (Phi) is 21.4. The van der Waals surface area contributed by atoms with Crippen molar-refractivity contribution < 1.29 is 4.79 Å². The van der Waals surface area contributed by atoms with Crippen LogP contribution < -0.4 is 5.32 Å². The highest BCUT2D eigenvalue weighted by molar-refractivity contribution is 5.78. The summed E-state index contributed by atoms with van der Waals surface area (Å²) in [4.78, 5) is 11.8. The molecule has 1 N–H and O–H groups in total. The molecule has 0 aromatic carbocycles. The molecule has 0 amide bonds. The van der Waals surface area contributed by atoms with E-state index in [-0.39, 0.29) is 0 Å². The van der Waals surface area contributed by atoms with E-state index in [0.29, 0.717) is 5.78 Å². The third kappa shape index (κ3) is 21.6. The fourth-order valence-electron chi connectivity index (χ4n) is 3.30. The van der Waals surface area contributed by atoms with Gasteiger partial charge in [-0.25, -0.2) is 0 Å². The highest BCUT2D eigenvalue weighted by atomic mass is 16.1. The number of rotatable bonds is 21. The summed E-state index contributed by atoms with van der Waals surface area (Å²) < 4.78 is 0. The molecule has 0 aliphatic heterocycles. The van der Waals surface area contributed by atoms with E-state index in [9.17, 15) is 4.79 Å². The summed E-state index contributed by atoms with van der Waals surface area (Å²) in [5.74, 6) is 0.473. The van der Waals surface area contributed by atoms with E-state index in [0.717, 1.165) is 38.8 Å². The van der Waals surface area contributed by atoms with E-state index in [4.69, 9.17) is 0 Å². The van der Waals surface area contributed by atoms with Gasteiger partial charge in [-0.15, -0.1) is 0 Å². The maximum absolute atomic E-state index is 11.8. The zero-order valence-corrected chi connectivity index (χ0v) is 17.6. The SMILES string of the molecule is CCCCCCCCCCCCCCCC(=O)CCCNCCCC. The maximum Gasteiger partial charge on any atom is 0.132 e. The molecule has 0 aromatic rings. The van der Waals surface area contributed by atoms with Crippen molar-refractivity contribution in [3.05, 3.63) is 0 Å². The lowest BCUT2D eigenvalue weighted by Gasteiger charge is -2.04. The van der Waals surface area contributed by atoms with Gasteiger partial charge in [-0.1, -0.05) is 97.3 Å². The van der Waals surface area contributed by atoms with Gasteiger partial charge in [0, 0.05) is 12.8 Å². The van der Waals surface area contributed by atoms with Gasteiger partial charge in [0.05, 0.1) is 0 Å². The summed E-state index contributed by atoms with van der Waals surface area (Å²) in [6, 6.07) is 0. The van der Waals surface area contributed by atoms with E-state index in [1.807, 2.05) is 0 Å². The molecule has 2 heteroatoms. The molecule has 0 spiro atoms. The smallest absolute Gasteiger partial charge is 0.132 e. The van der Waals surface area contributed by atoms with Crippen molar-refractivity contribution in [2.24, 2.45) is 0 Å². The molecule has 0 saturated heterocycles. The number of Topliss-reactive ketones (excluding diaryl/α,β-unsaturated/α-hetero) is 1. The van der Waals surface area contributed by atoms with Crippen LogP contribution in [0.3, 0.4) is 0 Å². The van der Waals surface area contributed by atoms with Crippen LogP contribution in [0.4, 0.5) is 0 Å². The van der Waals surface area contributed by atoms with E-state index in [2.05, 4.69) is 19.2 Å². The molecule has 0 radical (unpaired) electrons. The van der Waals surface area contributed by atoms with Gasteiger partial charge in [0.25, 0.3) is 0 Å². The van der Waals surface area contributed by atoms with Crippen LogP contribution >= 0.6 is 0 Å². The van der Waals surface area contributed by atoms with Crippen molar-refractivity contribution in [2.45, 2.75) is 129 Å². The second-order valence-electron chi connectivity index (χ2n) is 7.74. The minimum absolute atomic E-state index is 0.473. The lowest BCUT2D eigenvalue weighted by molar-refractivity contribution is -0.119. The Morgan fingerprint density at radius 3 is 1.44 bits per heavy atom. The van der Waals surface area contributed by atoms with E-state index in [1.165, 1.54) is 89.9 Å². The van der Waals surface area contributed by atoms with Crippen LogP contribution in [0.15, 0.2) is 0 Å². The van der Waals surface area contributed by atoms with Crippen molar-refractivity contribution in [3.63, 3.8) is 0 Å². The summed E-state index contributed by atoms with van der Waals surface area (Å²) in [6.07, 6.45) is 22.9.